The largest absolute Gasteiger partial charge is 0.439 e. The van der Waals surface area contributed by atoms with Crippen molar-refractivity contribution in [2.45, 2.75) is 13.3 Å². The van der Waals surface area contributed by atoms with Crippen LogP contribution in [0, 0.1) is 30.1 Å². The van der Waals surface area contributed by atoms with Gasteiger partial charge in [0.1, 0.15) is 11.6 Å². The number of aryl methyl sites for hydroxylation is 1. The fourth-order valence-electron chi connectivity index (χ4n) is 3.68. The number of benzene rings is 1. The quantitative estimate of drug-likeness (QED) is 0.616. The van der Waals surface area contributed by atoms with E-state index >= 15 is 0 Å². The summed E-state index contributed by atoms with van der Waals surface area (Å²) >= 11 is 0. The first-order valence-corrected chi connectivity index (χ1v) is 9.48. The van der Waals surface area contributed by atoms with E-state index in [1.54, 1.807) is 12.3 Å². The Morgan fingerprint density at radius 3 is 3.00 bits per heavy atom. The van der Waals surface area contributed by atoms with Gasteiger partial charge in [-0.15, -0.1) is 0 Å². The molecule has 1 aromatic carbocycles. The van der Waals surface area contributed by atoms with Crippen LogP contribution in [0.1, 0.15) is 12.0 Å². The molecule has 148 valence electrons. The van der Waals surface area contributed by atoms with Crippen LogP contribution in [0.5, 0.6) is 5.75 Å². The molecule has 5 rings (SSSR count). The summed E-state index contributed by atoms with van der Waals surface area (Å²) in [6.07, 6.45) is 2.19. The van der Waals surface area contributed by atoms with Crippen LogP contribution in [-0.4, -0.2) is 15.9 Å². The Labute approximate surface area is 172 Å². The van der Waals surface area contributed by atoms with Gasteiger partial charge in [-0.1, -0.05) is 0 Å². The highest BCUT2D eigenvalue weighted by atomic mass is 16.5. The maximum atomic E-state index is 12.2. The number of fused-ring (bicyclic) bond motifs is 2. The molecule has 1 amide bonds. The van der Waals surface area contributed by atoms with Crippen molar-refractivity contribution in [1.29, 1.82) is 5.26 Å². The number of carbonyl (C=O) groups is 1. The van der Waals surface area contributed by atoms with E-state index in [0.717, 1.165) is 22.2 Å². The summed E-state index contributed by atoms with van der Waals surface area (Å²) in [6, 6.07) is 9.67. The molecule has 1 saturated carbocycles. The van der Waals surface area contributed by atoms with Gasteiger partial charge in [-0.2, -0.15) is 5.26 Å². The van der Waals surface area contributed by atoms with E-state index in [4.69, 9.17) is 15.7 Å². The monoisotopic (exact) mass is 398 g/mol. The number of aromatic nitrogens is 2. The number of nitrogen functional groups attached to an aromatic ring is 1. The lowest BCUT2D eigenvalue weighted by Crippen LogP contribution is -2.15. The van der Waals surface area contributed by atoms with Gasteiger partial charge in [0.15, 0.2) is 11.6 Å². The number of nitrogens with one attached hydrogen (secondary N) is 2. The Morgan fingerprint density at radius 1 is 1.40 bits per heavy atom. The van der Waals surface area contributed by atoms with Crippen LogP contribution in [0.15, 0.2) is 42.9 Å². The maximum Gasteiger partial charge on any atom is 0.230 e. The van der Waals surface area contributed by atoms with Gasteiger partial charge in [0.25, 0.3) is 0 Å². The molecule has 0 saturated heterocycles. The van der Waals surface area contributed by atoms with Crippen LogP contribution >= 0.6 is 0 Å². The third-order valence-electron chi connectivity index (χ3n) is 5.40. The van der Waals surface area contributed by atoms with Crippen molar-refractivity contribution in [1.82, 2.24) is 9.97 Å². The van der Waals surface area contributed by atoms with Gasteiger partial charge in [-0.3, -0.25) is 4.79 Å². The zero-order chi connectivity index (χ0) is 21.0. The van der Waals surface area contributed by atoms with Crippen LogP contribution in [0.2, 0.25) is 0 Å². The molecule has 8 nitrogen and oxygen atoms in total. The molecule has 1 aliphatic carbocycles. The lowest BCUT2D eigenvalue weighted by atomic mass is 10.0. The predicted octanol–water partition coefficient (Wildman–Crippen LogP) is 3.56. The second kappa shape index (κ2) is 6.46. The van der Waals surface area contributed by atoms with E-state index in [2.05, 4.69) is 33.2 Å². The van der Waals surface area contributed by atoms with E-state index in [1.807, 2.05) is 25.1 Å². The first kappa shape index (κ1) is 17.9. The number of anilines is 3. The Balaban J connectivity index is 1.52. The zero-order valence-corrected chi connectivity index (χ0v) is 16.2. The Morgan fingerprint density at radius 2 is 2.23 bits per heavy atom. The van der Waals surface area contributed by atoms with E-state index in [-0.39, 0.29) is 17.7 Å². The van der Waals surface area contributed by atoms with Gasteiger partial charge in [0.2, 0.25) is 5.91 Å². The first-order valence-electron chi connectivity index (χ1n) is 9.48. The standard InChI is InChI=1S/C22H18N6O2/c1-10-3-18-19(30-11(2)26-18)7-14(10)17-5-12-6-20(25-9-16(12)21(24)27-17)28-22(29)15-4-13(15)8-23/h3,5-7,9,13,15,26H,2,4H2,1H3,(H2,24,27)(H,25,28,29)/t13-,15?/m0/s1. The molecule has 1 aliphatic heterocycles. The molecule has 3 heterocycles. The number of nitrogens with two attached hydrogens (primary N) is 1. The van der Waals surface area contributed by atoms with Crippen molar-refractivity contribution < 1.29 is 9.53 Å². The zero-order valence-electron chi connectivity index (χ0n) is 16.2. The average Bonchev–Trinajstić information content (AvgIpc) is 3.41. The van der Waals surface area contributed by atoms with Gasteiger partial charge in [0, 0.05) is 17.1 Å². The van der Waals surface area contributed by atoms with Crippen molar-refractivity contribution in [3.8, 4) is 23.1 Å². The number of carbonyl (C=O) groups excluding carboxylic acids is 1. The highest BCUT2D eigenvalue weighted by Crippen LogP contribution is 2.40. The molecule has 3 aromatic rings. The van der Waals surface area contributed by atoms with Crippen LogP contribution in [-0.2, 0) is 4.79 Å². The topological polar surface area (TPSA) is 126 Å². The van der Waals surface area contributed by atoms with E-state index < -0.39 is 0 Å². The van der Waals surface area contributed by atoms with Gasteiger partial charge >= 0.3 is 0 Å². The molecule has 2 aliphatic rings. The van der Waals surface area contributed by atoms with Crippen molar-refractivity contribution in [2.75, 3.05) is 16.4 Å². The molecule has 2 aromatic heterocycles. The molecule has 1 fully saturated rings. The molecule has 30 heavy (non-hydrogen) atoms. The van der Waals surface area contributed by atoms with Gasteiger partial charge < -0.3 is 21.1 Å². The highest BCUT2D eigenvalue weighted by molar-refractivity contribution is 5.98. The summed E-state index contributed by atoms with van der Waals surface area (Å²) in [5.74, 6) is 1.28. The number of ether oxygens (including phenoxy) is 1. The van der Waals surface area contributed by atoms with Crippen LogP contribution < -0.4 is 21.1 Å². The fourth-order valence-corrected chi connectivity index (χ4v) is 3.68. The average molecular weight is 398 g/mol. The lowest BCUT2D eigenvalue weighted by Gasteiger charge is -2.11. The lowest BCUT2D eigenvalue weighted by molar-refractivity contribution is -0.117. The number of pyridine rings is 2. The number of nitrogens with zero attached hydrogens (tertiary/aromatic N) is 3. The van der Waals surface area contributed by atoms with Gasteiger partial charge in [-0.25, -0.2) is 9.97 Å². The number of amides is 1. The number of rotatable bonds is 3. The summed E-state index contributed by atoms with van der Waals surface area (Å²) in [4.78, 5) is 21.1. The molecule has 2 atom stereocenters. The van der Waals surface area contributed by atoms with Gasteiger partial charge in [-0.05, 0) is 55.1 Å². The molecular formula is C22H18N6O2. The molecule has 8 heteroatoms. The summed E-state index contributed by atoms with van der Waals surface area (Å²) in [6.45, 7) is 5.77. The Kier molecular flexibility index (Phi) is 3.86. The Hall–Kier alpha value is -4.12. The SMILES string of the molecule is C=C1Nc2cc(C)c(-c3cc4cc(NC(=O)C5C[C@H]5C#N)ncc4c(N)n3)cc2O1. The van der Waals surface area contributed by atoms with E-state index in [0.29, 0.717) is 40.8 Å². The molecule has 0 bridgehead atoms. The summed E-state index contributed by atoms with van der Waals surface area (Å²) in [7, 11) is 0. The van der Waals surface area contributed by atoms with E-state index in [9.17, 15) is 4.79 Å². The number of hydrogen-bond acceptors (Lipinski definition) is 7. The minimum Gasteiger partial charge on any atom is -0.439 e. The minimum atomic E-state index is -0.261. The van der Waals surface area contributed by atoms with Crippen molar-refractivity contribution >= 4 is 34.0 Å². The molecule has 0 spiro atoms. The van der Waals surface area contributed by atoms with Crippen LogP contribution in [0.4, 0.5) is 17.3 Å². The van der Waals surface area contributed by atoms with Crippen molar-refractivity contribution in [2.24, 2.45) is 11.8 Å². The molecule has 1 unspecified atom stereocenters. The molecular weight excluding hydrogens is 380 g/mol. The fraction of sp³-hybridized carbons (Fsp3) is 0.182. The Bertz CT molecular complexity index is 1290. The second-order valence-electron chi connectivity index (χ2n) is 7.56. The summed E-state index contributed by atoms with van der Waals surface area (Å²) in [5.41, 5.74) is 9.63. The summed E-state index contributed by atoms with van der Waals surface area (Å²) < 4.78 is 5.61. The maximum absolute atomic E-state index is 12.2. The van der Waals surface area contributed by atoms with Crippen LogP contribution in [0.25, 0.3) is 22.0 Å². The van der Waals surface area contributed by atoms with Crippen molar-refractivity contribution in [3.05, 3.63) is 48.5 Å². The van der Waals surface area contributed by atoms with Gasteiger partial charge in [0.05, 0.1) is 29.3 Å². The minimum absolute atomic E-state index is 0.185. The van der Waals surface area contributed by atoms with Crippen molar-refractivity contribution in [3.63, 3.8) is 0 Å². The second-order valence-corrected chi connectivity index (χ2v) is 7.56. The first-order chi connectivity index (χ1) is 14.4. The number of hydrogen-bond donors (Lipinski definition) is 3. The predicted molar refractivity (Wildman–Crippen MR) is 113 cm³/mol. The normalized spacial score (nSPS) is 18.9. The molecule has 0 radical (unpaired) electrons. The number of nitriles is 1. The third-order valence-corrected chi connectivity index (χ3v) is 5.40. The summed E-state index contributed by atoms with van der Waals surface area (Å²) in [5, 5.41) is 16.3. The smallest absolute Gasteiger partial charge is 0.230 e. The molecule has 4 N–H and O–H groups in total. The third kappa shape index (κ3) is 2.97. The highest BCUT2D eigenvalue weighted by Gasteiger charge is 2.43. The van der Waals surface area contributed by atoms with E-state index in [1.165, 1.54) is 0 Å². The van der Waals surface area contributed by atoms with Crippen LogP contribution in [0.3, 0.4) is 0 Å².